The molecule has 1 aromatic carbocycles. The Kier molecular flexibility index (Phi) is 3.25. The minimum Gasteiger partial charge on any atom is -0.494 e. The van der Waals surface area contributed by atoms with Crippen LogP contribution in [-0.4, -0.2) is 12.9 Å². The van der Waals surface area contributed by atoms with Crippen molar-refractivity contribution in [2.75, 3.05) is 6.61 Å². The van der Waals surface area contributed by atoms with E-state index in [0.717, 1.165) is 0 Å². The lowest BCUT2D eigenvalue weighted by atomic mass is 10.2. The molecule has 0 amide bonds. The smallest absolute Gasteiger partial charge is 0.153 e. The van der Waals surface area contributed by atoms with Gasteiger partial charge in [-0.3, -0.25) is 4.79 Å². The number of ether oxygens (including phenoxy) is 1. The molecule has 0 bridgehead atoms. The van der Waals surface area contributed by atoms with Crippen LogP contribution in [-0.2, 0) is 0 Å². The van der Waals surface area contributed by atoms with Gasteiger partial charge in [0, 0.05) is 6.07 Å². The Balaban J connectivity index is 3.14. The zero-order chi connectivity index (χ0) is 9.84. The summed E-state index contributed by atoms with van der Waals surface area (Å²) < 4.78 is 18.1. The minimum atomic E-state index is -0.708. The molecule has 0 N–H and O–H groups in total. The summed E-state index contributed by atoms with van der Waals surface area (Å²) in [5.74, 6) is -0.309. The molecule has 0 aromatic heterocycles. The van der Waals surface area contributed by atoms with Crippen LogP contribution in [0.3, 0.4) is 0 Å². The topological polar surface area (TPSA) is 26.3 Å². The van der Waals surface area contributed by atoms with Crippen LogP contribution in [0.5, 0.6) is 5.75 Å². The summed E-state index contributed by atoms with van der Waals surface area (Å²) in [6.45, 7) is 2.23. The lowest BCUT2D eigenvalue weighted by Gasteiger charge is -2.05. The molecule has 2 nitrogen and oxygen atoms in total. The van der Waals surface area contributed by atoms with Gasteiger partial charge in [-0.25, -0.2) is 4.39 Å². The number of carbonyl (C=O) groups is 1. The van der Waals surface area contributed by atoms with E-state index in [2.05, 4.69) is 0 Å². The van der Waals surface area contributed by atoms with Crippen molar-refractivity contribution >= 4 is 17.9 Å². The molecule has 0 aliphatic rings. The van der Waals surface area contributed by atoms with Crippen LogP contribution >= 0.6 is 11.6 Å². The molecule has 70 valence electrons. The summed E-state index contributed by atoms with van der Waals surface area (Å²) in [4.78, 5) is 10.4. The van der Waals surface area contributed by atoms with Crippen LogP contribution in [0, 0.1) is 5.82 Å². The molecule has 0 spiro atoms. The Morgan fingerprint density at radius 1 is 1.62 bits per heavy atom. The first-order valence-electron chi connectivity index (χ1n) is 3.76. The van der Waals surface area contributed by atoms with Gasteiger partial charge in [0.2, 0.25) is 0 Å². The summed E-state index contributed by atoms with van der Waals surface area (Å²) in [5, 5.41) is -0.104. The molecule has 0 atom stereocenters. The number of benzene rings is 1. The van der Waals surface area contributed by atoms with Crippen LogP contribution < -0.4 is 4.74 Å². The zero-order valence-electron chi connectivity index (χ0n) is 7.01. The average molecular weight is 203 g/mol. The largest absolute Gasteiger partial charge is 0.494 e. The predicted octanol–water partition coefficient (Wildman–Crippen LogP) is 2.69. The van der Waals surface area contributed by atoms with Gasteiger partial charge >= 0.3 is 0 Å². The van der Waals surface area contributed by atoms with E-state index in [1.54, 1.807) is 6.92 Å². The number of halogens is 2. The molecule has 0 unspecified atom stereocenters. The van der Waals surface area contributed by atoms with Crippen molar-refractivity contribution in [3.63, 3.8) is 0 Å². The van der Waals surface area contributed by atoms with E-state index in [-0.39, 0.29) is 10.6 Å². The Morgan fingerprint density at radius 2 is 2.31 bits per heavy atom. The van der Waals surface area contributed by atoms with E-state index >= 15 is 0 Å². The van der Waals surface area contributed by atoms with Crippen molar-refractivity contribution in [2.45, 2.75) is 6.92 Å². The SMILES string of the molecule is CCOc1cc(Cl)c(F)c(C=O)c1. The zero-order valence-corrected chi connectivity index (χ0v) is 7.77. The van der Waals surface area contributed by atoms with Crippen LogP contribution in [0.15, 0.2) is 12.1 Å². The Bertz CT molecular complexity index is 326. The fourth-order valence-electron chi connectivity index (χ4n) is 0.920. The van der Waals surface area contributed by atoms with Crippen molar-refractivity contribution in [1.82, 2.24) is 0 Å². The van der Waals surface area contributed by atoms with Gasteiger partial charge in [-0.1, -0.05) is 11.6 Å². The third-order valence-electron chi connectivity index (χ3n) is 1.47. The summed E-state index contributed by atoms with van der Waals surface area (Å²) in [5.41, 5.74) is -0.0871. The molecule has 0 fully saturated rings. The highest BCUT2D eigenvalue weighted by Gasteiger charge is 2.08. The van der Waals surface area contributed by atoms with E-state index in [1.807, 2.05) is 0 Å². The maximum absolute atomic E-state index is 13.0. The van der Waals surface area contributed by atoms with Gasteiger partial charge in [-0.15, -0.1) is 0 Å². The van der Waals surface area contributed by atoms with Gasteiger partial charge in [0.1, 0.15) is 5.75 Å². The summed E-state index contributed by atoms with van der Waals surface area (Å²) in [6.07, 6.45) is 0.406. The van der Waals surface area contributed by atoms with Crippen molar-refractivity contribution in [3.05, 3.63) is 28.5 Å². The normalized spacial score (nSPS) is 9.77. The van der Waals surface area contributed by atoms with Gasteiger partial charge < -0.3 is 4.74 Å². The first-order chi connectivity index (χ1) is 6.19. The monoisotopic (exact) mass is 202 g/mol. The Hall–Kier alpha value is -1.09. The van der Waals surface area contributed by atoms with Gasteiger partial charge in [0.05, 0.1) is 17.2 Å². The third kappa shape index (κ3) is 2.18. The van der Waals surface area contributed by atoms with E-state index < -0.39 is 5.82 Å². The number of hydrogen-bond donors (Lipinski definition) is 0. The number of carbonyl (C=O) groups excluding carboxylic acids is 1. The average Bonchev–Trinajstić information content (AvgIpc) is 2.11. The quantitative estimate of drug-likeness (QED) is 0.705. The minimum absolute atomic E-state index is 0.0871. The lowest BCUT2D eigenvalue weighted by molar-refractivity contribution is 0.111. The van der Waals surface area contributed by atoms with Crippen LogP contribution in [0.2, 0.25) is 5.02 Å². The molecule has 13 heavy (non-hydrogen) atoms. The van der Waals surface area contributed by atoms with Crippen LogP contribution in [0.25, 0.3) is 0 Å². The van der Waals surface area contributed by atoms with Crippen molar-refractivity contribution in [3.8, 4) is 5.75 Å². The van der Waals surface area contributed by atoms with Crippen LogP contribution in [0.1, 0.15) is 17.3 Å². The van der Waals surface area contributed by atoms with Gasteiger partial charge in [-0.2, -0.15) is 0 Å². The fraction of sp³-hybridized carbons (Fsp3) is 0.222. The standard InChI is InChI=1S/C9H8ClFO2/c1-2-13-7-3-6(5-12)9(11)8(10)4-7/h3-5H,2H2,1H3. The first kappa shape index (κ1) is 9.99. The number of rotatable bonds is 3. The molecule has 0 saturated carbocycles. The van der Waals surface area contributed by atoms with E-state index in [1.165, 1.54) is 12.1 Å². The summed E-state index contributed by atoms with van der Waals surface area (Å²) >= 11 is 5.52. The highest BCUT2D eigenvalue weighted by atomic mass is 35.5. The second-order valence-electron chi connectivity index (χ2n) is 2.36. The van der Waals surface area contributed by atoms with E-state index in [4.69, 9.17) is 16.3 Å². The highest BCUT2D eigenvalue weighted by Crippen LogP contribution is 2.24. The van der Waals surface area contributed by atoms with Crippen molar-refractivity contribution in [1.29, 1.82) is 0 Å². The highest BCUT2D eigenvalue weighted by molar-refractivity contribution is 6.31. The summed E-state index contributed by atoms with van der Waals surface area (Å²) in [7, 11) is 0. The molecule has 0 saturated heterocycles. The van der Waals surface area contributed by atoms with Crippen molar-refractivity contribution < 1.29 is 13.9 Å². The maximum Gasteiger partial charge on any atom is 0.153 e. The molecule has 0 aliphatic heterocycles. The first-order valence-corrected chi connectivity index (χ1v) is 4.13. The summed E-state index contributed by atoms with van der Waals surface area (Å²) in [6, 6.07) is 2.66. The van der Waals surface area contributed by atoms with Crippen LogP contribution in [0.4, 0.5) is 4.39 Å². The van der Waals surface area contributed by atoms with E-state index in [9.17, 15) is 9.18 Å². The molecule has 1 rings (SSSR count). The molecule has 0 heterocycles. The molecule has 4 heteroatoms. The van der Waals surface area contributed by atoms with Gasteiger partial charge in [-0.05, 0) is 13.0 Å². The number of aldehydes is 1. The number of hydrogen-bond acceptors (Lipinski definition) is 2. The van der Waals surface area contributed by atoms with E-state index in [0.29, 0.717) is 18.6 Å². The van der Waals surface area contributed by atoms with Gasteiger partial charge in [0.15, 0.2) is 12.1 Å². The molecule has 0 radical (unpaired) electrons. The fourth-order valence-corrected chi connectivity index (χ4v) is 1.14. The Labute approximate surface area is 80.3 Å². The molecular weight excluding hydrogens is 195 g/mol. The lowest BCUT2D eigenvalue weighted by Crippen LogP contribution is -1.95. The molecule has 1 aromatic rings. The second kappa shape index (κ2) is 4.23. The second-order valence-corrected chi connectivity index (χ2v) is 2.77. The third-order valence-corrected chi connectivity index (χ3v) is 1.74. The molecular formula is C9H8ClFO2. The Morgan fingerprint density at radius 3 is 2.85 bits per heavy atom. The van der Waals surface area contributed by atoms with Gasteiger partial charge in [0.25, 0.3) is 0 Å². The predicted molar refractivity (Wildman–Crippen MR) is 48.0 cm³/mol. The maximum atomic E-state index is 13.0. The molecule has 0 aliphatic carbocycles. The van der Waals surface area contributed by atoms with Crippen molar-refractivity contribution in [2.24, 2.45) is 0 Å².